The molecule has 1 atom stereocenters. The van der Waals surface area contributed by atoms with Crippen molar-refractivity contribution in [1.82, 2.24) is 5.32 Å². The molecule has 25 heavy (non-hydrogen) atoms. The summed E-state index contributed by atoms with van der Waals surface area (Å²) >= 11 is 5.49. The molecule has 2 N–H and O–H groups in total. The number of benzene rings is 1. The van der Waals surface area contributed by atoms with Gasteiger partial charge in [-0.1, -0.05) is 24.6 Å². The highest BCUT2D eigenvalue weighted by Crippen LogP contribution is 2.59. The van der Waals surface area contributed by atoms with E-state index in [2.05, 4.69) is 29.7 Å². The molecule has 0 radical (unpaired) electrons. The van der Waals surface area contributed by atoms with Crippen LogP contribution in [0, 0.1) is 20.8 Å². The van der Waals surface area contributed by atoms with E-state index in [1.165, 1.54) is 5.56 Å². The molecule has 0 spiro atoms. The minimum atomic E-state index is -3.37. The van der Waals surface area contributed by atoms with Gasteiger partial charge in [0.15, 0.2) is 5.11 Å². The molecular weight excluding hydrogens is 355 g/mol. The third-order valence-corrected chi connectivity index (χ3v) is 7.23. The van der Waals surface area contributed by atoms with Gasteiger partial charge in [0.1, 0.15) is 5.28 Å². The van der Waals surface area contributed by atoms with E-state index in [9.17, 15) is 4.57 Å². The van der Waals surface area contributed by atoms with Crippen LogP contribution in [0.1, 0.15) is 50.8 Å². The predicted octanol–water partition coefficient (Wildman–Crippen LogP) is 5.29. The van der Waals surface area contributed by atoms with Crippen molar-refractivity contribution in [2.24, 2.45) is 0 Å². The first-order valence-corrected chi connectivity index (χ1v) is 10.6. The topological polar surface area (TPSA) is 59.6 Å². The Morgan fingerprint density at radius 2 is 1.60 bits per heavy atom. The van der Waals surface area contributed by atoms with Crippen LogP contribution in [0.3, 0.4) is 0 Å². The van der Waals surface area contributed by atoms with Gasteiger partial charge in [-0.3, -0.25) is 4.57 Å². The third-order valence-electron chi connectivity index (χ3n) is 4.19. The SMILES string of the molecule is CCOP(=O)(OCC)C(C)(CC)NC(=S)Nc1c(C)cc(C)cc1C. The fraction of sp³-hybridized carbons (Fsp3) is 0.611. The Hall–Kier alpha value is -0.940. The summed E-state index contributed by atoms with van der Waals surface area (Å²) in [5.41, 5.74) is 4.38. The van der Waals surface area contributed by atoms with Crippen LogP contribution in [-0.4, -0.2) is 23.6 Å². The summed E-state index contributed by atoms with van der Waals surface area (Å²) < 4.78 is 24.3. The second-order valence-corrected chi connectivity index (χ2v) is 9.22. The molecule has 1 unspecified atom stereocenters. The van der Waals surface area contributed by atoms with E-state index in [4.69, 9.17) is 21.3 Å². The Balaban J connectivity index is 3.04. The molecule has 0 bridgehead atoms. The van der Waals surface area contributed by atoms with Crippen LogP contribution in [-0.2, 0) is 13.6 Å². The normalized spacial score (nSPS) is 14.0. The van der Waals surface area contributed by atoms with Gasteiger partial charge in [0.2, 0.25) is 0 Å². The van der Waals surface area contributed by atoms with Gasteiger partial charge in [0, 0.05) is 5.69 Å². The molecule has 0 fully saturated rings. The zero-order valence-corrected chi connectivity index (χ0v) is 18.1. The summed E-state index contributed by atoms with van der Waals surface area (Å²) in [6, 6.07) is 4.20. The number of rotatable bonds is 8. The molecule has 0 aromatic heterocycles. The van der Waals surface area contributed by atoms with E-state index in [0.717, 1.165) is 16.8 Å². The van der Waals surface area contributed by atoms with Crippen LogP contribution in [0.4, 0.5) is 5.69 Å². The van der Waals surface area contributed by atoms with Gasteiger partial charge in [0.25, 0.3) is 0 Å². The summed E-state index contributed by atoms with van der Waals surface area (Å²) in [7, 11) is -3.37. The van der Waals surface area contributed by atoms with Crippen molar-refractivity contribution in [2.45, 2.75) is 60.2 Å². The third kappa shape index (κ3) is 5.27. The first-order valence-electron chi connectivity index (χ1n) is 8.68. The number of hydrogen-bond acceptors (Lipinski definition) is 4. The lowest BCUT2D eigenvalue weighted by atomic mass is 10.1. The van der Waals surface area contributed by atoms with Crippen molar-refractivity contribution < 1.29 is 13.6 Å². The lowest BCUT2D eigenvalue weighted by Crippen LogP contribution is -2.48. The summed E-state index contributed by atoms with van der Waals surface area (Å²) in [5.74, 6) is 0. The fourth-order valence-electron chi connectivity index (χ4n) is 2.78. The second kappa shape index (κ2) is 9.13. The van der Waals surface area contributed by atoms with Gasteiger partial charge in [0.05, 0.1) is 13.2 Å². The number of anilines is 1. The van der Waals surface area contributed by atoms with Crippen LogP contribution >= 0.6 is 19.8 Å². The van der Waals surface area contributed by atoms with Crippen LogP contribution < -0.4 is 10.6 Å². The first-order chi connectivity index (χ1) is 11.6. The number of aryl methyl sites for hydroxylation is 3. The molecular formula is C18H31N2O3PS. The lowest BCUT2D eigenvalue weighted by Gasteiger charge is -2.36. The maximum atomic E-state index is 13.2. The largest absolute Gasteiger partial charge is 0.355 e. The van der Waals surface area contributed by atoms with E-state index in [-0.39, 0.29) is 0 Å². The second-order valence-electron chi connectivity index (χ2n) is 6.31. The summed E-state index contributed by atoms with van der Waals surface area (Å²) in [4.78, 5) is 0. The lowest BCUT2D eigenvalue weighted by molar-refractivity contribution is 0.193. The minimum Gasteiger partial charge on any atom is -0.346 e. The molecule has 1 aromatic rings. The highest BCUT2D eigenvalue weighted by atomic mass is 32.1. The van der Waals surface area contributed by atoms with Crippen LogP contribution in [0.15, 0.2) is 12.1 Å². The van der Waals surface area contributed by atoms with E-state index in [0.29, 0.717) is 24.7 Å². The molecule has 0 heterocycles. The average Bonchev–Trinajstić information content (AvgIpc) is 2.51. The standard InChI is InChI=1S/C18H31N2O3PS/c1-8-18(7,24(21,22-9-2)23-10-3)20-17(25)19-16-14(5)11-13(4)12-15(16)6/h11-12H,8-10H2,1-7H3,(H2,19,20,25). The molecule has 0 aliphatic heterocycles. The first kappa shape index (κ1) is 22.1. The van der Waals surface area contributed by atoms with Gasteiger partial charge in [-0.05, 0) is 71.3 Å². The van der Waals surface area contributed by atoms with Crippen LogP contribution in [0.25, 0.3) is 0 Å². The van der Waals surface area contributed by atoms with Crippen molar-refractivity contribution in [3.8, 4) is 0 Å². The summed E-state index contributed by atoms with van der Waals surface area (Å²) in [6.45, 7) is 14.1. The molecule has 0 saturated heterocycles. The Morgan fingerprint density at radius 1 is 1.12 bits per heavy atom. The summed E-state index contributed by atoms with van der Waals surface area (Å²) in [6.07, 6.45) is 0.540. The van der Waals surface area contributed by atoms with Crippen molar-refractivity contribution in [3.05, 3.63) is 28.8 Å². The monoisotopic (exact) mass is 386 g/mol. The Bertz CT molecular complexity index is 633. The van der Waals surface area contributed by atoms with Crippen molar-refractivity contribution in [3.63, 3.8) is 0 Å². The van der Waals surface area contributed by atoms with E-state index in [1.54, 1.807) is 13.8 Å². The molecule has 0 aliphatic rings. The van der Waals surface area contributed by atoms with Gasteiger partial charge in [-0.25, -0.2) is 0 Å². The Kier molecular flexibility index (Phi) is 8.07. The molecule has 7 heteroatoms. The highest BCUT2D eigenvalue weighted by Gasteiger charge is 2.46. The zero-order valence-electron chi connectivity index (χ0n) is 16.4. The number of nitrogens with one attached hydrogen (secondary N) is 2. The van der Waals surface area contributed by atoms with Gasteiger partial charge in [-0.15, -0.1) is 0 Å². The number of thiocarbonyl (C=S) groups is 1. The van der Waals surface area contributed by atoms with Gasteiger partial charge < -0.3 is 19.7 Å². The zero-order chi connectivity index (χ0) is 19.3. The van der Waals surface area contributed by atoms with Crippen LogP contribution in [0.2, 0.25) is 0 Å². The Labute approximate surface area is 157 Å². The highest BCUT2D eigenvalue weighted by molar-refractivity contribution is 7.80. The minimum absolute atomic E-state index is 0.310. The van der Waals surface area contributed by atoms with E-state index < -0.39 is 12.9 Å². The summed E-state index contributed by atoms with van der Waals surface area (Å²) in [5, 5.41) is 5.91. The molecule has 0 saturated carbocycles. The quantitative estimate of drug-likeness (QED) is 0.468. The fourth-order valence-corrected chi connectivity index (χ4v) is 5.14. The molecule has 0 aliphatic carbocycles. The molecule has 0 amide bonds. The predicted molar refractivity (Wildman–Crippen MR) is 110 cm³/mol. The molecule has 142 valence electrons. The Morgan fingerprint density at radius 3 is 2.00 bits per heavy atom. The van der Waals surface area contributed by atoms with Crippen LogP contribution in [0.5, 0.6) is 0 Å². The van der Waals surface area contributed by atoms with Crippen molar-refractivity contribution >= 4 is 30.6 Å². The maximum absolute atomic E-state index is 13.2. The van der Waals surface area contributed by atoms with E-state index in [1.807, 2.05) is 27.7 Å². The number of hydrogen-bond donors (Lipinski definition) is 2. The molecule has 1 aromatic carbocycles. The smallest absolute Gasteiger partial charge is 0.346 e. The van der Waals surface area contributed by atoms with Gasteiger partial charge >= 0.3 is 7.60 Å². The average molecular weight is 386 g/mol. The van der Waals surface area contributed by atoms with Gasteiger partial charge in [-0.2, -0.15) is 0 Å². The molecule has 1 rings (SSSR count). The van der Waals surface area contributed by atoms with Crippen molar-refractivity contribution in [1.29, 1.82) is 0 Å². The van der Waals surface area contributed by atoms with Crippen molar-refractivity contribution in [2.75, 3.05) is 18.5 Å². The van der Waals surface area contributed by atoms with E-state index >= 15 is 0 Å². The maximum Gasteiger partial charge on any atom is 0.355 e. The molecule has 5 nitrogen and oxygen atoms in total.